The van der Waals surface area contributed by atoms with Crippen molar-refractivity contribution in [2.75, 3.05) is 102 Å². The second-order valence-electron chi connectivity index (χ2n) is 20.6. The van der Waals surface area contributed by atoms with Crippen LogP contribution < -0.4 is 24.6 Å². The number of benzene rings is 2. The minimum atomic E-state index is -4.84. The number of ether oxygens (including phenoxy) is 4. The summed E-state index contributed by atoms with van der Waals surface area (Å²) < 4.78 is 97.6. The number of amides is 7. The van der Waals surface area contributed by atoms with E-state index in [-0.39, 0.29) is 78.8 Å². The summed E-state index contributed by atoms with van der Waals surface area (Å²) in [5.41, 5.74) is 1.44. The van der Waals surface area contributed by atoms with Crippen LogP contribution >= 0.6 is 0 Å². The SMILES string of the molecule is CC1(C)CN(Cc2ccc(N3CCOCC3)cc2OC(F)(F)F)CCN1.CC1(C)CN(Cc2ccc(N3CCOCC3)cc2OC(F)(F)F)CCN1C(=O)ON1C(=O)CCC1=O.O=C(ON1C(=O)CCC1=O)ON1C(=O)CCC1=O. The number of nitrogens with zero attached hydrogens (tertiary/aromatic N) is 8. The van der Waals surface area contributed by atoms with Gasteiger partial charge in [-0.2, -0.15) is 4.79 Å². The van der Waals surface area contributed by atoms with Crippen LogP contribution in [-0.2, 0) is 65.8 Å². The number of morpholine rings is 2. The van der Waals surface area contributed by atoms with Crippen LogP contribution in [0, 0.1) is 0 Å². The summed E-state index contributed by atoms with van der Waals surface area (Å²) in [6.07, 6.45) is -12.1. The molecule has 7 aliphatic rings. The number of imide groups is 3. The Morgan fingerprint density at radius 1 is 0.537 bits per heavy atom. The van der Waals surface area contributed by atoms with E-state index >= 15 is 0 Å². The predicted octanol–water partition coefficient (Wildman–Crippen LogP) is 4.39. The van der Waals surface area contributed by atoms with Crippen LogP contribution in [0.2, 0.25) is 0 Å². The van der Waals surface area contributed by atoms with Gasteiger partial charge in [-0.15, -0.1) is 31.4 Å². The number of rotatable bonds is 11. The number of hydrogen-bond donors (Lipinski definition) is 1. The van der Waals surface area contributed by atoms with E-state index in [0.717, 1.165) is 25.3 Å². The van der Waals surface area contributed by atoms with Crippen LogP contribution in [0.25, 0.3) is 0 Å². The monoisotopic (exact) mass is 1140 g/mol. The van der Waals surface area contributed by atoms with Gasteiger partial charge in [-0.25, -0.2) is 4.79 Å². The number of nitrogens with one attached hydrogen (secondary N) is 1. The molecule has 1 N–H and O–H groups in total. The smallest absolute Gasteiger partial charge is 0.405 e. The number of hydroxylamine groups is 6. The van der Waals surface area contributed by atoms with Gasteiger partial charge in [0, 0.05) is 157 Å². The van der Waals surface area contributed by atoms with Crippen LogP contribution in [0.4, 0.5) is 47.3 Å². The fourth-order valence-electron chi connectivity index (χ4n) is 9.68. The zero-order valence-electron chi connectivity index (χ0n) is 44.5. The van der Waals surface area contributed by atoms with E-state index in [1.807, 2.05) is 20.8 Å². The molecule has 2 aromatic carbocycles. The molecule has 7 aliphatic heterocycles. The van der Waals surface area contributed by atoms with Crippen molar-refractivity contribution < 1.29 is 98.2 Å². The molecule has 24 nitrogen and oxygen atoms in total. The number of halogens is 6. The van der Waals surface area contributed by atoms with Crippen LogP contribution in [0.5, 0.6) is 11.5 Å². The quantitative estimate of drug-likeness (QED) is 0.242. The highest BCUT2D eigenvalue weighted by atomic mass is 19.4. The molecular formula is C50H63F6N9O15. The van der Waals surface area contributed by atoms with Crippen molar-refractivity contribution in [3.8, 4) is 11.5 Å². The molecule has 30 heteroatoms. The van der Waals surface area contributed by atoms with E-state index in [4.69, 9.17) is 14.3 Å². The summed E-state index contributed by atoms with van der Waals surface area (Å²) in [5.74, 6) is -4.25. The van der Waals surface area contributed by atoms with Crippen molar-refractivity contribution in [3.05, 3.63) is 47.5 Å². The van der Waals surface area contributed by atoms with E-state index < -0.39 is 66.0 Å². The Kier molecular flexibility index (Phi) is 19.4. The number of anilines is 2. The fourth-order valence-corrected chi connectivity index (χ4v) is 9.68. The Bertz CT molecular complexity index is 2540. The van der Waals surface area contributed by atoms with Crippen LogP contribution in [-0.4, -0.2) is 193 Å². The van der Waals surface area contributed by atoms with Gasteiger partial charge in [0.2, 0.25) is 0 Å². The molecular weight excluding hydrogens is 1080 g/mol. The van der Waals surface area contributed by atoms with Gasteiger partial charge in [-0.3, -0.25) is 53.1 Å². The van der Waals surface area contributed by atoms with Crippen molar-refractivity contribution in [1.82, 2.24) is 35.2 Å². The number of piperazine rings is 2. The van der Waals surface area contributed by atoms with E-state index in [0.29, 0.717) is 94.1 Å². The van der Waals surface area contributed by atoms with Gasteiger partial charge >= 0.3 is 25.0 Å². The van der Waals surface area contributed by atoms with Gasteiger partial charge in [0.1, 0.15) is 11.5 Å². The number of carbonyl (C=O) groups is 8. The molecule has 0 unspecified atom stereocenters. The summed E-state index contributed by atoms with van der Waals surface area (Å²) in [6.45, 7) is 16.2. The average molecular weight is 1140 g/mol. The van der Waals surface area contributed by atoms with Crippen LogP contribution in [0.3, 0.4) is 0 Å². The van der Waals surface area contributed by atoms with Crippen LogP contribution in [0.1, 0.15) is 77.3 Å². The van der Waals surface area contributed by atoms with Gasteiger partial charge < -0.3 is 38.9 Å². The summed E-state index contributed by atoms with van der Waals surface area (Å²) >= 11 is 0. The largest absolute Gasteiger partial charge is 0.573 e. The Labute approximate surface area is 455 Å². The van der Waals surface area contributed by atoms with Gasteiger partial charge in [-0.05, 0) is 39.8 Å². The number of alkyl halides is 6. The van der Waals surface area contributed by atoms with E-state index in [9.17, 15) is 64.7 Å². The molecule has 0 bridgehead atoms. The highest BCUT2D eigenvalue weighted by Gasteiger charge is 2.43. The van der Waals surface area contributed by atoms with Crippen molar-refractivity contribution in [2.24, 2.45) is 0 Å². The molecule has 80 heavy (non-hydrogen) atoms. The standard InChI is InChI=1S/C23H29F3N4O6.C18H26F3N3O2.C9H8N2O7/c1-22(2)15-27(7-8-29(22)21(33)36-30-19(31)5-6-20(30)32)14-16-3-4-17(28-9-11-34-12-10-28)13-18(16)35-23(24,25)26;1-17(2)13-23(6-5-22-17)12-14-3-4-15(24-7-9-25-10-8-24)11-16(14)26-18(19,20)21;12-5-1-2-6(13)10(5)17-9(16)18-11-7(14)3-4-8(11)15/h3-4,13H,5-12,14-15H2,1-2H3;3-4,11,22H,5-10,12-13H2,1-2H3;1-4H2. The topological polar surface area (TPSA) is 239 Å². The normalized spacial score (nSPS) is 21.0. The first kappa shape index (κ1) is 60.6. The first-order valence-electron chi connectivity index (χ1n) is 25.7. The second kappa shape index (κ2) is 25.6. The fraction of sp³-hybridized carbons (Fsp3) is 0.600. The minimum Gasteiger partial charge on any atom is -0.405 e. The highest BCUT2D eigenvalue weighted by Crippen LogP contribution is 2.35. The molecule has 0 radical (unpaired) electrons. The van der Waals surface area contributed by atoms with Crippen molar-refractivity contribution in [3.63, 3.8) is 0 Å². The molecule has 7 heterocycles. The van der Waals surface area contributed by atoms with E-state index in [1.165, 1.54) is 17.0 Å². The van der Waals surface area contributed by atoms with Crippen molar-refractivity contribution in [2.45, 2.75) is 103 Å². The molecule has 0 spiro atoms. The number of hydrogen-bond acceptors (Lipinski definition) is 20. The Balaban J connectivity index is 0.000000184. The maximum absolute atomic E-state index is 13.2. The van der Waals surface area contributed by atoms with Crippen molar-refractivity contribution in [1.29, 1.82) is 0 Å². The maximum Gasteiger partial charge on any atom is 0.573 e. The predicted molar refractivity (Wildman–Crippen MR) is 263 cm³/mol. The zero-order chi connectivity index (χ0) is 58.2. The lowest BCUT2D eigenvalue weighted by Gasteiger charge is -2.46. The Hall–Kier alpha value is -7.02. The number of carbonyl (C=O) groups excluding carboxylic acids is 8. The average Bonchev–Trinajstić information content (AvgIpc) is 4.05. The molecule has 2 aromatic rings. The van der Waals surface area contributed by atoms with E-state index in [1.54, 1.807) is 32.0 Å². The summed E-state index contributed by atoms with van der Waals surface area (Å²) in [5, 5.41) is 4.42. The highest BCUT2D eigenvalue weighted by molar-refractivity contribution is 6.03. The first-order chi connectivity index (χ1) is 37.6. The van der Waals surface area contributed by atoms with Gasteiger partial charge in [0.25, 0.3) is 35.4 Å². The lowest BCUT2D eigenvalue weighted by molar-refractivity contribution is -0.276. The van der Waals surface area contributed by atoms with Gasteiger partial charge in [-0.1, -0.05) is 22.3 Å². The molecule has 7 saturated heterocycles. The molecule has 0 saturated carbocycles. The molecule has 0 aromatic heterocycles. The Morgan fingerprint density at radius 3 is 1.30 bits per heavy atom. The lowest BCUT2D eigenvalue weighted by Crippen LogP contribution is -2.61. The maximum atomic E-state index is 13.2. The van der Waals surface area contributed by atoms with Gasteiger partial charge in [0.05, 0.1) is 32.0 Å². The molecule has 9 rings (SSSR count). The Morgan fingerprint density at radius 2 is 0.925 bits per heavy atom. The third-order valence-electron chi connectivity index (χ3n) is 13.5. The van der Waals surface area contributed by atoms with E-state index in [2.05, 4.69) is 43.2 Å². The first-order valence-corrected chi connectivity index (χ1v) is 25.7. The molecule has 440 valence electrons. The van der Waals surface area contributed by atoms with Crippen molar-refractivity contribution >= 4 is 59.1 Å². The van der Waals surface area contributed by atoms with Crippen LogP contribution in [0.15, 0.2) is 36.4 Å². The molecule has 0 aliphatic carbocycles. The minimum absolute atomic E-state index is 0.00403. The zero-order valence-corrected chi connectivity index (χ0v) is 44.5. The third-order valence-corrected chi connectivity index (χ3v) is 13.5. The molecule has 7 amide bonds. The summed E-state index contributed by atoms with van der Waals surface area (Å²) in [7, 11) is 0. The molecule has 0 atom stereocenters. The van der Waals surface area contributed by atoms with Gasteiger partial charge in [0.15, 0.2) is 0 Å². The molecule has 7 fully saturated rings. The second-order valence-corrected chi connectivity index (χ2v) is 20.6. The summed E-state index contributed by atoms with van der Waals surface area (Å²) in [4.78, 5) is 115. The third kappa shape index (κ3) is 16.8. The summed E-state index contributed by atoms with van der Waals surface area (Å²) in [6, 6.07) is 9.92. The lowest BCUT2D eigenvalue weighted by atomic mass is 9.98.